The number of benzene rings is 11. The molecule has 0 saturated carbocycles. The van der Waals surface area contributed by atoms with E-state index in [9.17, 15) is 0 Å². The normalized spacial score (nSPS) is 11.9. The summed E-state index contributed by atoms with van der Waals surface area (Å²) in [6, 6.07) is 85.4. The molecule has 0 N–H and O–H groups in total. The predicted octanol–water partition coefficient (Wildman–Crippen LogP) is 18.7. The van der Waals surface area contributed by atoms with Crippen molar-refractivity contribution in [2.75, 3.05) is 9.80 Å². The summed E-state index contributed by atoms with van der Waals surface area (Å²) >= 11 is 0. The van der Waals surface area contributed by atoms with Gasteiger partial charge in [0.25, 0.3) is 0 Å². The summed E-state index contributed by atoms with van der Waals surface area (Å²) in [6.45, 7) is 0. The molecule has 1 aliphatic heterocycles. The van der Waals surface area contributed by atoms with Crippen LogP contribution in [0.1, 0.15) is 0 Å². The van der Waals surface area contributed by atoms with Crippen molar-refractivity contribution in [1.29, 1.82) is 0 Å². The highest BCUT2D eigenvalue weighted by Gasteiger charge is 2.29. The third kappa shape index (κ3) is 6.18. The lowest BCUT2D eigenvalue weighted by Gasteiger charge is -2.31. The first kappa shape index (κ1) is 38.9. The largest absolute Gasteiger partial charge is 0.456 e. The second-order valence-electron chi connectivity index (χ2n) is 17.5. The Balaban J connectivity index is 0.967. The van der Waals surface area contributed by atoms with Crippen LogP contribution in [0.4, 0.5) is 34.1 Å². The molecule has 0 saturated heterocycles. The summed E-state index contributed by atoms with van der Waals surface area (Å²) in [6.07, 6.45) is 0. The van der Waals surface area contributed by atoms with E-state index in [0.29, 0.717) is 0 Å². The average Bonchev–Trinajstić information content (AvgIpc) is 4.00. The van der Waals surface area contributed by atoms with Crippen LogP contribution in [-0.2, 0) is 0 Å². The molecule has 0 unspecified atom stereocenters. The van der Waals surface area contributed by atoms with Crippen LogP contribution in [-0.4, -0.2) is 0 Å². The number of ether oxygens (including phenoxy) is 1. The fraction of sp³-hybridized carbons (Fsp3) is 0. The summed E-state index contributed by atoms with van der Waals surface area (Å²) in [4.78, 5) is 4.69. The van der Waals surface area contributed by atoms with E-state index < -0.39 is 0 Å². The van der Waals surface area contributed by atoms with E-state index in [-0.39, 0.29) is 0 Å². The van der Waals surface area contributed by atoms with Gasteiger partial charge in [-0.2, -0.15) is 0 Å². The zero-order chi connectivity index (χ0) is 45.4. The number of hydrogen-bond donors (Lipinski definition) is 0. The van der Waals surface area contributed by atoms with E-state index in [1.807, 2.05) is 24.3 Å². The molecule has 324 valence electrons. The third-order valence-electron chi connectivity index (χ3n) is 13.7. The fourth-order valence-electron chi connectivity index (χ4n) is 10.6. The van der Waals surface area contributed by atoms with Crippen molar-refractivity contribution in [2.24, 2.45) is 0 Å². The Bertz CT molecular complexity index is 4130. The van der Waals surface area contributed by atoms with Crippen LogP contribution in [0.2, 0.25) is 0 Å². The second kappa shape index (κ2) is 15.7. The first-order chi connectivity index (χ1) is 34.2. The fourth-order valence-corrected chi connectivity index (χ4v) is 10.6. The van der Waals surface area contributed by atoms with Gasteiger partial charge in [0.15, 0.2) is 11.2 Å². The van der Waals surface area contributed by atoms with E-state index >= 15 is 0 Å². The predicted molar refractivity (Wildman–Crippen MR) is 284 cm³/mol. The van der Waals surface area contributed by atoms with Crippen molar-refractivity contribution in [1.82, 2.24) is 0 Å². The topological polar surface area (TPSA) is 42.0 Å². The third-order valence-corrected chi connectivity index (χ3v) is 13.7. The molecule has 0 fully saturated rings. The summed E-state index contributed by atoms with van der Waals surface area (Å²) in [5.74, 6) is 1.57. The quantitative estimate of drug-likeness (QED) is 0.152. The van der Waals surface area contributed by atoms with Gasteiger partial charge in [0, 0.05) is 55.1 Å². The maximum absolute atomic E-state index is 7.12. The van der Waals surface area contributed by atoms with E-state index in [1.165, 1.54) is 0 Å². The van der Waals surface area contributed by atoms with Gasteiger partial charge < -0.3 is 23.4 Å². The number of para-hydroxylation sites is 6. The molecular weight excluding hydrogens is 845 g/mol. The zero-order valence-corrected chi connectivity index (χ0v) is 37.2. The molecule has 0 bridgehead atoms. The van der Waals surface area contributed by atoms with Crippen molar-refractivity contribution < 1.29 is 13.6 Å². The van der Waals surface area contributed by atoms with Crippen LogP contribution in [0.5, 0.6) is 11.5 Å². The minimum Gasteiger partial charge on any atom is -0.456 e. The van der Waals surface area contributed by atoms with E-state index in [4.69, 9.17) is 13.6 Å². The van der Waals surface area contributed by atoms with Gasteiger partial charge in [-0.15, -0.1) is 0 Å². The van der Waals surface area contributed by atoms with Gasteiger partial charge in [0.2, 0.25) is 0 Å². The zero-order valence-electron chi connectivity index (χ0n) is 37.2. The molecule has 5 nitrogen and oxygen atoms in total. The Labute approximate surface area is 397 Å². The van der Waals surface area contributed by atoms with Crippen molar-refractivity contribution in [2.45, 2.75) is 0 Å². The van der Waals surface area contributed by atoms with E-state index in [2.05, 4.69) is 228 Å². The monoisotopic (exact) mass is 884 g/mol. The lowest BCUT2D eigenvalue weighted by molar-refractivity contribution is 0.487. The van der Waals surface area contributed by atoms with Gasteiger partial charge >= 0.3 is 0 Å². The highest BCUT2D eigenvalue weighted by atomic mass is 16.5. The molecule has 5 heteroatoms. The Morgan fingerprint density at radius 2 is 0.754 bits per heavy atom. The van der Waals surface area contributed by atoms with Gasteiger partial charge in [-0.05, 0) is 77.4 Å². The molecule has 0 spiro atoms. The summed E-state index contributed by atoms with van der Waals surface area (Å²) in [5, 5.41) is 6.41. The van der Waals surface area contributed by atoms with Gasteiger partial charge in [-0.1, -0.05) is 176 Å². The number of hydrogen-bond acceptors (Lipinski definition) is 5. The minimum absolute atomic E-state index is 0.776. The standard InChI is InChI=1S/C64H40N2O3/c1-3-18-41(19-4-1)44-22-7-11-29-53(44)65(56-31-15-26-50-46-24-9-13-33-58(46)68-63(50)56)43-36-37-48-49-38-39-55(52-28-17-35-60(62(49)52)67-61(48)40-43)66(54-30-12-8-23-45(54)42-20-5-2-6-21-42)57-32-16-27-51-47-25-10-14-34-59(47)69-64(51)57/h1-40H. The molecule has 0 radical (unpaired) electrons. The molecule has 1 aliphatic rings. The molecule has 3 heterocycles. The van der Waals surface area contributed by atoms with Crippen LogP contribution in [0.15, 0.2) is 251 Å². The molecule has 69 heavy (non-hydrogen) atoms. The summed E-state index contributed by atoms with van der Waals surface area (Å²) in [7, 11) is 0. The van der Waals surface area contributed by atoms with Crippen molar-refractivity contribution in [3.8, 4) is 44.9 Å². The average molecular weight is 885 g/mol. The lowest BCUT2D eigenvalue weighted by atomic mass is 9.92. The smallest absolute Gasteiger partial charge is 0.159 e. The number of nitrogens with zero attached hydrogens (tertiary/aromatic N) is 2. The van der Waals surface area contributed by atoms with Gasteiger partial charge in [0.05, 0.1) is 34.1 Å². The first-order valence-corrected chi connectivity index (χ1v) is 23.3. The van der Waals surface area contributed by atoms with Gasteiger partial charge in [-0.25, -0.2) is 0 Å². The van der Waals surface area contributed by atoms with Crippen LogP contribution < -0.4 is 14.5 Å². The Hall–Kier alpha value is -9.32. The minimum atomic E-state index is 0.776. The SMILES string of the molecule is c1ccc(-c2ccccc2N(c2ccc3c(c2)Oc2cccc4c(N(c5ccccc5-c5ccccc5)c5cccc6c5oc5ccccc56)ccc-3c24)c2cccc3c2oc2ccccc23)cc1. The van der Waals surface area contributed by atoms with Gasteiger partial charge in [0.1, 0.15) is 22.7 Å². The summed E-state index contributed by atoms with van der Waals surface area (Å²) < 4.78 is 20.6. The number of anilines is 6. The van der Waals surface area contributed by atoms with Crippen LogP contribution >= 0.6 is 0 Å². The highest BCUT2D eigenvalue weighted by molar-refractivity contribution is 6.16. The molecular formula is C64H40N2O3. The molecule has 0 aliphatic carbocycles. The van der Waals surface area contributed by atoms with Crippen LogP contribution in [0, 0.1) is 0 Å². The lowest BCUT2D eigenvalue weighted by Crippen LogP contribution is -2.13. The van der Waals surface area contributed by atoms with Crippen molar-refractivity contribution in [3.63, 3.8) is 0 Å². The molecule has 2 aromatic heterocycles. The molecule has 0 amide bonds. The Morgan fingerprint density at radius 1 is 0.275 bits per heavy atom. The Morgan fingerprint density at radius 3 is 1.39 bits per heavy atom. The number of fused-ring (bicyclic) bond motifs is 8. The first-order valence-electron chi connectivity index (χ1n) is 23.3. The van der Waals surface area contributed by atoms with Gasteiger partial charge in [-0.3, -0.25) is 0 Å². The van der Waals surface area contributed by atoms with Crippen LogP contribution in [0.3, 0.4) is 0 Å². The maximum atomic E-state index is 7.12. The van der Waals surface area contributed by atoms with Crippen molar-refractivity contribution >= 4 is 88.8 Å². The molecule has 11 aromatic carbocycles. The van der Waals surface area contributed by atoms with E-state index in [0.717, 1.165) is 134 Å². The highest BCUT2D eigenvalue weighted by Crippen LogP contribution is 2.54. The Kier molecular flexibility index (Phi) is 8.83. The second-order valence-corrected chi connectivity index (χ2v) is 17.5. The summed E-state index contributed by atoms with van der Waals surface area (Å²) in [5.41, 5.74) is 15.8. The number of furan rings is 2. The number of rotatable bonds is 8. The van der Waals surface area contributed by atoms with Crippen molar-refractivity contribution in [3.05, 3.63) is 243 Å². The van der Waals surface area contributed by atoms with Crippen LogP contribution in [0.25, 0.3) is 88.0 Å². The van der Waals surface area contributed by atoms with E-state index in [1.54, 1.807) is 0 Å². The molecule has 0 atom stereocenters. The molecule has 13 aromatic rings. The maximum Gasteiger partial charge on any atom is 0.159 e. The molecule has 14 rings (SSSR count).